The van der Waals surface area contributed by atoms with E-state index >= 15 is 0 Å². The van der Waals surface area contributed by atoms with E-state index in [1.54, 1.807) is 0 Å². The number of benzene rings is 1. The normalized spacial score (nSPS) is 19.5. The first-order chi connectivity index (χ1) is 10.1. The van der Waals surface area contributed by atoms with Gasteiger partial charge in [-0.3, -0.25) is 4.79 Å². The minimum atomic E-state index is -0.0770. The SMILES string of the molecule is CC(N)CC(=O)NCC1(c2ccccc2)CCCCCC1. The quantitative estimate of drug-likeness (QED) is 0.818. The van der Waals surface area contributed by atoms with Crippen LogP contribution in [0.4, 0.5) is 0 Å². The van der Waals surface area contributed by atoms with E-state index in [0.717, 1.165) is 19.4 Å². The molecule has 1 aromatic carbocycles. The molecule has 1 atom stereocenters. The zero-order valence-corrected chi connectivity index (χ0v) is 13.1. The first-order valence-electron chi connectivity index (χ1n) is 8.20. The van der Waals surface area contributed by atoms with E-state index in [4.69, 9.17) is 5.73 Å². The van der Waals surface area contributed by atoms with Crippen molar-refractivity contribution in [2.45, 2.75) is 63.3 Å². The molecule has 3 heteroatoms. The molecule has 1 saturated carbocycles. The molecule has 0 aromatic heterocycles. The minimum Gasteiger partial charge on any atom is -0.355 e. The van der Waals surface area contributed by atoms with Gasteiger partial charge in [0.2, 0.25) is 5.91 Å². The van der Waals surface area contributed by atoms with Crippen molar-refractivity contribution < 1.29 is 4.79 Å². The molecule has 0 heterocycles. The Morgan fingerprint density at radius 1 is 1.19 bits per heavy atom. The van der Waals surface area contributed by atoms with E-state index < -0.39 is 0 Å². The van der Waals surface area contributed by atoms with Crippen molar-refractivity contribution in [1.29, 1.82) is 0 Å². The second-order valence-corrected chi connectivity index (χ2v) is 6.52. The van der Waals surface area contributed by atoms with Crippen molar-refractivity contribution in [3.05, 3.63) is 35.9 Å². The zero-order valence-electron chi connectivity index (χ0n) is 13.1. The van der Waals surface area contributed by atoms with E-state index in [-0.39, 0.29) is 17.4 Å². The van der Waals surface area contributed by atoms with Gasteiger partial charge in [-0.2, -0.15) is 0 Å². The average molecular weight is 288 g/mol. The van der Waals surface area contributed by atoms with Crippen LogP contribution in [0, 0.1) is 0 Å². The van der Waals surface area contributed by atoms with Crippen LogP contribution in [0.1, 0.15) is 57.4 Å². The lowest BCUT2D eigenvalue weighted by atomic mass is 9.74. The summed E-state index contributed by atoms with van der Waals surface area (Å²) in [6.07, 6.45) is 7.84. The summed E-state index contributed by atoms with van der Waals surface area (Å²) in [6, 6.07) is 10.6. The van der Waals surface area contributed by atoms with Gasteiger partial charge in [0.15, 0.2) is 0 Å². The maximum absolute atomic E-state index is 12.0. The Morgan fingerprint density at radius 2 is 1.81 bits per heavy atom. The molecule has 0 bridgehead atoms. The van der Waals surface area contributed by atoms with Crippen LogP contribution in [0.3, 0.4) is 0 Å². The highest BCUT2D eigenvalue weighted by Gasteiger charge is 2.33. The molecule has 1 aliphatic carbocycles. The van der Waals surface area contributed by atoms with Gasteiger partial charge in [0.25, 0.3) is 0 Å². The Bertz CT molecular complexity index is 434. The number of carbonyl (C=O) groups is 1. The second-order valence-electron chi connectivity index (χ2n) is 6.52. The second kappa shape index (κ2) is 7.60. The fourth-order valence-electron chi connectivity index (χ4n) is 3.40. The standard InChI is InChI=1S/C18H28N2O/c1-15(19)13-17(21)20-14-18(11-7-2-3-8-12-18)16-9-5-4-6-10-16/h4-6,9-10,15H,2-3,7-8,11-14,19H2,1H3,(H,20,21). The third kappa shape index (κ3) is 4.57. The highest BCUT2D eigenvalue weighted by molar-refractivity contribution is 5.76. The first kappa shape index (κ1) is 16.0. The molecule has 1 unspecified atom stereocenters. The van der Waals surface area contributed by atoms with E-state index in [2.05, 4.69) is 35.6 Å². The number of carbonyl (C=O) groups excluding carboxylic acids is 1. The molecule has 1 aliphatic rings. The molecule has 0 aliphatic heterocycles. The fourth-order valence-corrected chi connectivity index (χ4v) is 3.40. The Kier molecular flexibility index (Phi) is 5.80. The molecular formula is C18H28N2O. The molecule has 1 amide bonds. The summed E-state index contributed by atoms with van der Waals surface area (Å²) < 4.78 is 0. The number of rotatable bonds is 5. The first-order valence-corrected chi connectivity index (χ1v) is 8.20. The van der Waals surface area contributed by atoms with E-state index in [1.807, 2.05) is 6.92 Å². The Morgan fingerprint density at radius 3 is 2.38 bits per heavy atom. The van der Waals surface area contributed by atoms with Crippen LogP contribution in [0.5, 0.6) is 0 Å². The zero-order chi connectivity index (χ0) is 15.1. The third-order valence-corrected chi connectivity index (χ3v) is 4.58. The largest absolute Gasteiger partial charge is 0.355 e. The van der Waals surface area contributed by atoms with Gasteiger partial charge in [-0.05, 0) is 25.3 Å². The minimum absolute atomic E-state index is 0.0737. The summed E-state index contributed by atoms with van der Waals surface area (Å²) in [5.41, 5.74) is 7.18. The summed E-state index contributed by atoms with van der Waals surface area (Å²) in [5, 5.41) is 3.13. The number of hydrogen-bond acceptors (Lipinski definition) is 2. The lowest BCUT2D eigenvalue weighted by molar-refractivity contribution is -0.121. The lowest BCUT2D eigenvalue weighted by Gasteiger charge is -2.34. The molecule has 2 rings (SSSR count). The molecule has 3 N–H and O–H groups in total. The average Bonchev–Trinajstić information content (AvgIpc) is 2.72. The van der Waals surface area contributed by atoms with Crippen LogP contribution in [0.25, 0.3) is 0 Å². The summed E-state index contributed by atoms with van der Waals surface area (Å²) in [5.74, 6) is 0.0737. The van der Waals surface area contributed by atoms with Crippen molar-refractivity contribution in [1.82, 2.24) is 5.32 Å². The van der Waals surface area contributed by atoms with Crippen molar-refractivity contribution in [2.24, 2.45) is 5.73 Å². The lowest BCUT2D eigenvalue weighted by Crippen LogP contribution is -2.41. The smallest absolute Gasteiger partial charge is 0.221 e. The fraction of sp³-hybridized carbons (Fsp3) is 0.611. The van der Waals surface area contributed by atoms with E-state index in [9.17, 15) is 4.79 Å². The monoisotopic (exact) mass is 288 g/mol. The highest BCUT2D eigenvalue weighted by Crippen LogP contribution is 2.37. The Labute approximate surface area is 128 Å². The predicted octanol–water partition coefficient (Wildman–Crippen LogP) is 3.13. The van der Waals surface area contributed by atoms with Gasteiger partial charge >= 0.3 is 0 Å². The third-order valence-electron chi connectivity index (χ3n) is 4.58. The van der Waals surface area contributed by atoms with Gasteiger partial charge < -0.3 is 11.1 Å². The molecule has 0 radical (unpaired) electrons. The van der Waals surface area contributed by atoms with Gasteiger partial charge in [0.05, 0.1) is 0 Å². The highest BCUT2D eigenvalue weighted by atomic mass is 16.1. The number of amides is 1. The van der Waals surface area contributed by atoms with Crippen molar-refractivity contribution >= 4 is 5.91 Å². The number of hydrogen-bond donors (Lipinski definition) is 2. The molecule has 0 saturated heterocycles. The van der Waals surface area contributed by atoms with Crippen molar-refractivity contribution in [2.75, 3.05) is 6.54 Å². The van der Waals surface area contributed by atoms with Crippen LogP contribution in [-0.2, 0) is 10.2 Å². The maximum atomic E-state index is 12.0. The summed E-state index contributed by atoms with van der Waals surface area (Å²) in [6.45, 7) is 2.61. The molecule has 21 heavy (non-hydrogen) atoms. The van der Waals surface area contributed by atoms with Crippen LogP contribution in [0.2, 0.25) is 0 Å². The Hall–Kier alpha value is -1.35. The van der Waals surface area contributed by atoms with Gasteiger partial charge in [0.1, 0.15) is 0 Å². The molecule has 1 aromatic rings. The Balaban J connectivity index is 2.11. The van der Waals surface area contributed by atoms with Crippen LogP contribution < -0.4 is 11.1 Å². The van der Waals surface area contributed by atoms with Gasteiger partial charge in [-0.1, -0.05) is 56.0 Å². The summed E-state index contributed by atoms with van der Waals surface area (Å²) >= 11 is 0. The van der Waals surface area contributed by atoms with Gasteiger partial charge in [-0.15, -0.1) is 0 Å². The molecule has 116 valence electrons. The van der Waals surface area contributed by atoms with Gasteiger partial charge in [0, 0.05) is 24.4 Å². The topological polar surface area (TPSA) is 55.1 Å². The van der Waals surface area contributed by atoms with Crippen LogP contribution >= 0.6 is 0 Å². The number of nitrogens with one attached hydrogen (secondary N) is 1. The number of nitrogens with two attached hydrogens (primary N) is 1. The van der Waals surface area contributed by atoms with Gasteiger partial charge in [-0.25, -0.2) is 0 Å². The maximum Gasteiger partial charge on any atom is 0.221 e. The van der Waals surface area contributed by atoms with E-state index in [1.165, 1.54) is 31.2 Å². The summed E-state index contributed by atoms with van der Waals surface area (Å²) in [4.78, 5) is 12.0. The van der Waals surface area contributed by atoms with Crippen molar-refractivity contribution in [3.8, 4) is 0 Å². The van der Waals surface area contributed by atoms with Crippen LogP contribution in [0.15, 0.2) is 30.3 Å². The van der Waals surface area contributed by atoms with Crippen LogP contribution in [-0.4, -0.2) is 18.5 Å². The van der Waals surface area contributed by atoms with E-state index in [0.29, 0.717) is 6.42 Å². The molecule has 3 nitrogen and oxygen atoms in total. The van der Waals surface area contributed by atoms with Crippen molar-refractivity contribution in [3.63, 3.8) is 0 Å². The predicted molar refractivity (Wildman–Crippen MR) is 87.1 cm³/mol. The molecular weight excluding hydrogens is 260 g/mol. The molecule has 0 spiro atoms. The summed E-state index contributed by atoms with van der Waals surface area (Å²) in [7, 11) is 0. The molecule has 1 fully saturated rings.